The van der Waals surface area contributed by atoms with E-state index in [9.17, 15) is 33.7 Å². The van der Waals surface area contributed by atoms with Gasteiger partial charge < -0.3 is 0 Å². The third kappa shape index (κ3) is 4.45. The van der Waals surface area contributed by atoms with Crippen LogP contribution < -0.4 is 0 Å². The summed E-state index contributed by atoms with van der Waals surface area (Å²) in [5.41, 5.74) is -0.317. The average molecular weight is 523 g/mol. The van der Waals surface area contributed by atoms with E-state index < -0.39 is 57.6 Å². The lowest BCUT2D eigenvalue weighted by molar-refractivity contribution is 0.475. The van der Waals surface area contributed by atoms with Crippen molar-refractivity contribution in [1.29, 1.82) is 0 Å². The molecule has 29 heavy (non-hydrogen) atoms. The lowest BCUT2D eigenvalue weighted by Crippen LogP contribution is -2.27. The second kappa shape index (κ2) is 8.49. The first-order valence-corrected chi connectivity index (χ1v) is 15.2. The molecule has 0 heterocycles. The fourth-order valence-corrected chi connectivity index (χ4v) is 11.2. The van der Waals surface area contributed by atoms with Gasteiger partial charge in [0.1, 0.15) is 0 Å². The number of hydrogen-bond acceptors (Lipinski definition) is 9. The van der Waals surface area contributed by atoms with Gasteiger partial charge in [-0.05, 0) is 23.3 Å². The van der Waals surface area contributed by atoms with Crippen molar-refractivity contribution in [3.8, 4) is 0 Å². The van der Waals surface area contributed by atoms with Gasteiger partial charge in [-0.3, -0.25) is 0 Å². The van der Waals surface area contributed by atoms with Crippen LogP contribution in [0.5, 0.6) is 0 Å². The normalized spacial score (nSPS) is 13.3. The van der Waals surface area contributed by atoms with E-state index in [1.807, 2.05) is 0 Å². The number of alkyl halides is 2. The van der Waals surface area contributed by atoms with E-state index in [1.54, 1.807) is 0 Å². The van der Waals surface area contributed by atoms with E-state index in [1.165, 1.54) is 36.4 Å². The molecular weight excluding hydrogens is 511 g/mol. The Balaban J connectivity index is 2.59. The van der Waals surface area contributed by atoms with Crippen molar-refractivity contribution in [2.45, 2.75) is 21.6 Å². The standard InChI is InChI=1S/C14H12Cl2O9S4/c15-9-11-5-1-3-7-13(11)26(17,18)28(21,22)25-29(23,24)27(19,20)14-8-4-2-6-12(14)10-16/h1-8H,9-10H2. The van der Waals surface area contributed by atoms with Gasteiger partial charge in [0.25, 0.3) is 0 Å². The molecule has 0 N–H and O–H groups in total. The van der Waals surface area contributed by atoms with Gasteiger partial charge in [0.15, 0.2) is 0 Å². The van der Waals surface area contributed by atoms with Crippen LogP contribution in [0, 0.1) is 0 Å². The molecule has 0 aliphatic rings. The van der Waals surface area contributed by atoms with Crippen molar-refractivity contribution in [3.05, 3.63) is 59.7 Å². The van der Waals surface area contributed by atoms with E-state index >= 15 is 0 Å². The maximum Gasteiger partial charge on any atom is 0.394 e. The molecule has 2 aromatic rings. The maximum atomic E-state index is 12.4. The van der Waals surface area contributed by atoms with Crippen LogP contribution in [0.4, 0.5) is 0 Å². The minimum Gasteiger partial charge on any atom is -0.205 e. The zero-order valence-electron chi connectivity index (χ0n) is 14.1. The summed E-state index contributed by atoms with van der Waals surface area (Å²) in [6.45, 7) is 0. The Morgan fingerprint density at radius 2 is 0.897 bits per heavy atom. The molecular formula is C14H12Cl2O9S4. The smallest absolute Gasteiger partial charge is 0.205 e. The molecule has 0 saturated heterocycles. The largest absolute Gasteiger partial charge is 0.394 e. The summed E-state index contributed by atoms with van der Waals surface area (Å²) in [6.07, 6.45) is 0. The summed E-state index contributed by atoms with van der Waals surface area (Å²) in [4.78, 5) is -1.69. The van der Waals surface area contributed by atoms with Crippen molar-refractivity contribution >= 4 is 59.2 Å². The summed E-state index contributed by atoms with van der Waals surface area (Å²) in [6, 6.07) is 9.17. The maximum absolute atomic E-state index is 12.4. The number of halogens is 2. The van der Waals surface area contributed by atoms with Gasteiger partial charge in [0.2, 0.25) is 0 Å². The van der Waals surface area contributed by atoms with Gasteiger partial charge in [-0.1, -0.05) is 36.4 Å². The van der Waals surface area contributed by atoms with Gasteiger partial charge in [-0.2, -0.15) is 16.8 Å². The highest BCUT2D eigenvalue weighted by atomic mass is 35.5. The first kappa shape index (κ1) is 24.1. The average Bonchev–Trinajstić information content (AvgIpc) is 2.66. The topological polar surface area (TPSA) is 146 Å². The van der Waals surface area contributed by atoms with Crippen LogP contribution in [0.1, 0.15) is 11.1 Å². The minimum absolute atomic E-state index is 0.158. The zero-order valence-corrected chi connectivity index (χ0v) is 18.9. The zero-order chi connectivity index (χ0) is 22.1. The molecule has 15 heteroatoms. The van der Waals surface area contributed by atoms with Crippen molar-refractivity contribution < 1.29 is 37.3 Å². The highest BCUT2D eigenvalue weighted by Gasteiger charge is 2.45. The number of benzene rings is 2. The molecule has 0 spiro atoms. The number of hydrogen-bond donors (Lipinski definition) is 0. The SMILES string of the molecule is O=S(=O)(OS(=O)(=O)S(=O)(=O)c1ccccc1CCl)S(=O)(=O)c1ccccc1CCl. The first-order valence-electron chi connectivity index (χ1n) is 7.30. The third-order valence-corrected chi connectivity index (χ3v) is 13.6. The summed E-state index contributed by atoms with van der Waals surface area (Å²) in [5, 5.41) is 0. The van der Waals surface area contributed by atoms with Crippen molar-refractivity contribution in [1.82, 2.24) is 0 Å². The summed E-state index contributed by atoms with van der Waals surface area (Å²) < 4.78 is 103. The fraction of sp³-hybridized carbons (Fsp3) is 0.143. The first-order chi connectivity index (χ1) is 13.3. The van der Waals surface area contributed by atoms with Crippen LogP contribution in [-0.2, 0) is 51.4 Å². The van der Waals surface area contributed by atoms with E-state index in [0.717, 1.165) is 12.1 Å². The Morgan fingerprint density at radius 1 is 0.586 bits per heavy atom. The van der Waals surface area contributed by atoms with Crippen LogP contribution in [-0.4, -0.2) is 33.7 Å². The molecule has 0 aromatic heterocycles. The lowest BCUT2D eigenvalue weighted by atomic mass is 10.2. The third-order valence-electron chi connectivity index (χ3n) is 3.48. The molecule has 2 aromatic carbocycles. The Morgan fingerprint density at radius 3 is 1.21 bits per heavy atom. The van der Waals surface area contributed by atoms with Crippen molar-refractivity contribution in [3.63, 3.8) is 0 Å². The molecule has 9 nitrogen and oxygen atoms in total. The van der Waals surface area contributed by atoms with Gasteiger partial charge >= 0.3 is 36.0 Å². The molecule has 0 amide bonds. The molecule has 0 bridgehead atoms. The Kier molecular flexibility index (Phi) is 7.04. The van der Waals surface area contributed by atoms with E-state index in [-0.39, 0.29) is 11.1 Å². The quantitative estimate of drug-likeness (QED) is 0.374. The molecule has 0 radical (unpaired) electrons. The van der Waals surface area contributed by atoms with Gasteiger partial charge in [-0.25, -0.2) is 16.8 Å². The molecule has 160 valence electrons. The van der Waals surface area contributed by atoms with E-state index in [0.29, 0.717) is 0 Å². The molecule has 0 aliphatic heterocycles. The van der Waals surface area contributed by atoms with Gasteiger partial charge in [-0.15, -0.1) is 26.8 Å². The van der Waals surface area contributed by atoms with E-state index in [4.69, 9.17) is 23.2 Å². The van der Waals surface area contributed by atoms with Crippen molar-refractivity contribution in [2.24, 2.45) is 0 Å². The summed E-state index contributed by atoms with van der Waals surface area (Å²) >= 11 is 11.2. The van der Waals surface area contributed by atoms with Gasteiger partial charge in [0, 0.05) is 11.8 Å². The highest BCUT2D eigenvalue weighted by molar-refractivity contribution is 8.71. The lowest BCUT2D eigenvalue weighted by Gasteiger charge is -2.11. The minimum atomic E-state index is -6.00. The van der Waals surface area contributed by atoms with E-state index in [2.05, 4.69) is 3.63 Å². The summed E-state index contributed by atoms with van der Waals surface area (Å²) in [7, 11) is -23.0. The van der Waals surface area contributed by atoms with Gasteiger partial charge in [0.05, 0.1) is 9.79 Å². The monoisotopic (exact) mass is 522 g/mol. The highest BCUT2D eigenvalue weighted by Crippen LogP contribution is 2.29. The van der Waals surface area contributed by atoms with Crippen LogP contribution >= 0.6 is 23.2 Å². The van der Waals surface area contributed by atoms with Crippen molar-refractivity contribution in [2.75, 3.05) is 0 Å². The molecule has 0 unspecified atom stereocenters. The molecule has 2 rings (SSSR count). The predicted molar refractivity (Wildman–Crippen MR) is 105 cm³/mol. The Labute approximate surface area is 177 Å². The second-order valence-corrected chi connectivity index (χ2v) is 15.8. The molecule has 0 saturated carbocycles. The van der Waals surface area contributed by atoms with Crippen LogP contribution in [0.15, 0.2) is 58.3 Å². The Hall–Kier alpha value is -1.22. The predicted octanol–water partition coefficient (Wildman–Crippen LogP) is 1.92. The van der Waals surface area contributed by atoms with Crippen LogP contribution in [0.2, 0.25) is 0 Å². The number of rotatable bonds is 8. The molecule has 0 fully saturated rings. The van der Waals surface area contributed by atoms with Crippen LogP contribution in [0.3, 0.4) is 0 Å². The van der Waals surface area contributed by atoms with Crippen LogP contribution in [0.25, 0.3) is 0 Å². The fourth-order valence-electron chi connectivity index (χ4n) is 2.11. The molecule has 0 aliphatic carbocycles. The summed E-state index contributed by atoms with van der Waals surface area (Å²) in [5.74, 6) is -0.835. The molecule has 0 atom stereocenters. The Bertz CT molecular complexity index is 1240. The second-order valence-electron chi connectivity index (χ2n) is 5.28.